The first-order valence-corrected chi connectivity index (χ1v) is 5.69. The lowest BCUT2D eigenvalue weighted by molar-refractivity contribution is 0.301. The van der Waals surface area contributed by atoms with Crippen LogP contribution in [0.2, 0.25) is 0 Å². The third-order valence-electron chi connectivity index (χ3n) is 2.89. The Morgan fingerprint density at radius 3 is 2.88 bits per heavy atom. The number of nitrogens with zero attached hydrogens (tertiary/aromatic N) is 3. The summed E-state index contributed by atoms with van der Waals surface area (Å²) in [6.45, 7) is 6.26. The van der Waals surface area contributed by atoms with Crippen LogP contribution in [-0.2, 0) is 5.54 Å². The fraction of sp³-hybridized carbons (Fsp3) is 0.545. The van der Waals surface area contributed by atoms with Gasteiger partial charge in [0, 0.05) is 0 Å². The molecule has 92 valence electrons. The van der Waals surface area contributed by atoms with E-state index in [9.17, 15) is 4.79 Å². The van der Waals surface area contributed by atoms with E-state index in [0.717, 1.165) is 12.8 Å². The number of nitrogens with two attached hydrogens (primary N) is 1. The molecule has 2 heterocycles. The molecular weight excluding hydrogens is 218 g/mol. The van der Waals surface area contributed by atoms with Gasteiger partial charge in [-0.15, -0.1) is 0 Å². The van der Waals surface area contributed by atoms with Crippen molar-refractivity contribution in [3.8, 4) is 0 Å². The number of nitrogen functional groups attached to an aromatic ring is 1. The average molecular weight is 235 g/mol. The Morgan fingerprint density at radius 1 is 1.53 bits per heavy atom. The number of aromatic amines is 1. The Labute approximate surface area is 98.9 Å². The molecule has 6 nitrogen and oxygen atoms in total. The third kappa shape index (κ3) is 1.90. The first kappa shape index (κ1) is 11.6. The molecule has 0 unspecified atom stereocenters. The maximum Gasteiger partial charge on any atom is 0.263 e. The van der Waals surface area contributed by atoms with Crippen molar-refractivity contribution >= 4 is 17.0 Å². The molecular formula is C11H17N5O. The molecule has 2 aromatic heterocycles. The molecule has 3 N–H and O–H groups in total. The van der Waals surface area contributed by atoms with E-state index in [2.05, 4.69) is 35.8 Å². The van der Waals surface area contributed by atoms with Crippen molar-refractivity contribution in [1.29, 1.82) is 0 Å². The van der Waals surface area contributed by atoms with Gasteiger partial charge >= 0.3 is 0 Å². The van der Waals surface area contributed by atoms with E-state index in [0.29, 0.717) is 11.0 Å². The second-order valence-electron chi connectivity index (χ2n) is 4.81. The van der Waals surface area contributed by atoms with Crippen LogP contribution in [0.25, 0.3) is 11.0 Å². The highest BCUT2D eigenvalue weighted by atomic mass is 16.1. The number of aromatic nitrogens is 4. The van der Waals surface area contributed by atoms with Crippen molar-refractivity contribution in [2.45, 2.75) is 39.2 Å². The van der Waals surface area contributed by atoms with Crippen molar-refractivity contribution < 1.29 is 0 Å². The number of hydrogen-bond donors (Lipinski definition) is 2. The molecule has 0 fully saturated rings. The Kier molecular flexibility index (Phi) is 2.65. The van der Waals surface area contributed by atoms with Gasteiger partial charge in [-0.2, -0.15) is 10.1 Å². The zero-order chi connectivity index (χ0) is 12.6. The van der Waals surface area contributed by atoms with Gasteiger partial charge in [-0.3, -0.25) is 9.78 Å². The molecule has 0 aliphatic rings. The minimum atomic E-state index is -0.244. The lowest BCUT2D eigenvalue weighted by Crippen LogP contribution is -2.28. The summed E-state index contributed by atoms with van der Waals surface area (Å²) in [5.74, 6) is 0.122. The maximum absolute atomic E-state index is 11.7. The summed E-state index contributed by atoms with van der Waals surface area (Å²) in [7, 11) is 0. The van der Waals surface area contributed by atoms with E-state index in [1.165, 1.54) is 6.20 Å². The summed E-state index contributed by atoms with van der Waals surface area (Å²) in [6, 6.07) is 0. The second kappa shape index (κ2) is 3.87. The number of hydrogen-bond acceptors (Lipinski definition) is 4. The van der Waals surface area contributed by atoms with E-state index < -0.39 is 0 Å². The van der Waals surface area contributed by atoms with Crippen LogP contribution in [0.5, 0.6) is 0 Å². The Hall–Kier alpha value is -1.85. The van der Waals surface area contributed by atoms with Gasteiger partial charge in [-0.1, -0.05) is 13.3 Å². The molecule has 2 rings (SSSR count). The van der Waals surface area contributed by atoms with Crippen LogP contribution in [0.15, 0.2) is 11.0 Å². The number of anilines is 1. The Bertz CT molecular complexity index is 595. The maximum atomic E-state index is 11.7. The van der Waals surface area contributed by atoms with Crippen LogP contribution < -0.4 is 11.3 Å². The van der Waals surface area contributed by atoms with Crippen LogP contribution in [0.3, 0.4) is 0 Å². The summed E-state index contributed by atoms with van der Waals surface area (Å²) in [4.78, 5) is 18.3. The molecule has 0 atom stereocenters. The summed E-state index contributed by atoms with van der Waals surface area (Å²) >= 11 is 0. The molecule has 0 bridgehead atoms. The van der Waals surface area contributed by atoms with Gasteiger partial charge in [-0.25, -0.2) is 4.68 Å². The second-order valence-corrected chi connectivity index (χ2v) is 4.81. The molecule has 0 aliphatic heterocycles. The highest BCUT2D eigenvalue weighted by molar-refractivity contribution is 5.74. The van der Waals surface area contributed by atoms with E-state index in [1.807, 2.05) is 0 Å². The topological polar surface area (TPSA) is 89.6 Å². The molecule has 17 heavy (non-hydrogen) atoms. The van der Waals surface area contributed by atoms with Gasteiger partial charge < -0.3 is 5.73 Å². The predicted molar refractivity (Wildman–Crippen MR) is 66.8 cm³/mol. The molecule has 0 spiro atoms. The smallest absolute Gasteiger partial charge is 0.263 e. The lowest BCUT2D eigenvalue weighted by atomic mass is 9.99. The zero-order valence-electron chi connectivity index (χ0n) is 10.3. The van der Waals surface area contributed by atoms with Crippen molar-refractivity contribution in [3.05, 3.63) is 16.6 Å². The van der Waals surface area contributed by atoms with Gasteiger partial charge in [0.1, 0.15) is 5.39 Å². The molecule has 0 saturated heterocycles. The first-order valence-electron chi connectivity index (χ1n) is 5.69. The average Bonchev–Trinajstić information content (AvgIpc) is 2.61. The van der Waals surface area contributed by atoms with Crippen LogP contribution in [0, 0.1) is 0 Å². The van der Waals surface area contributed by atoms with Crippen molar-refractivity contribution in [2.75, 3.05) is 5.73 Å². The van der Waals surface area contributed by atoms with Crippen molar-refractivity contribution in [2.24, 2.45) is 0 Å². The number of nitrogens with one attached hydrogen (secondary N) is 1. The molecule has 0 aromatic carbocycles. The van der Waals surface area contributed by atoms with Gasteiger partial charge in [-0.05, 0) is 20.3 Å². The third-order valence-corrected chi connectivity index (χ3v) is 2.89. The normalized spacial score (nSPS) is 12.2. The van der Waals surface area contributed by atoms with Crippen LogP contribution >= 0.6 is 0 Å². The first-order chi connectivity index (χ1) is 7.95. The van der Waals surface area contributed by atoms with Gasteiger partial charge in [0.25, 0.3) is 5.56 Å². The van der Waals surface area contributed by atoms with Gasteiger partial charge in [0.2, 0.25) is 5.95 Å². The predicted octanol–water partition coefficient (Wildman–Crippen LogP) is 1.24. The molecule has 0 aliphatic carbocycles. The zero-order valence-corrected chi connectivity index (χ0v) is 10.3. The fourth-order valence-electron chi connectivity index (χ4n) is 2.10. The van der Waals surface area contributed by atoms with E-state index in [1.54, 1.807) is 4.68 Å². The van der Waals surface area contributed by atoms with Crippen molar-refractivity contribution in [1.82, 2.24) is 19.7 Å². The standard InChI is InChI=1S/C11H17N5O/c1-4-5-11(2,3)16-8-7(6-13-16)9(17)15-10(12)14-8/h6H,4-5H2,1-3H3,(H3,12,14,15,17). The Morgan fingerprint density at radius 2 is 2.24 bits per heavy atom. The minimum absolute atomic E-state index is 0.122. The lowest BCUT2D eigenvalue weighted by Gasteiger charge is -2.25. The van der Waals surface area contributed by atoms with E-state index in [-0.39, 0.29) is 17.0 Å². The fourth-order valence-corrected chi connectivity index (χ4v) is 2.10. The highest BCUT2D eigenvalue weighted by Crippen LogP contribution is 2.23. The van der Waals surface area contributed by atoms with E-state index in [4.69, 9.17) is 5.73 Å². The molecule has 0 amide bonds. The largest absolute Gasteiger partial charge is 0.369 e. The molecule has 0 saturated carbocycles. The number of H-pyrrole nitrogens is 1. The van der Waals surface area contributed by atoms with Crippen LogP contribution in [0.1, 0.15) is 33.6 Å². The molecule has 0 radical (unpaired) electrons. The van der Waals surface area contributed by atoms with Gasteiger partial charge in [0.05, 0.1) is 11.7 Å². The monoisotopic (exact) mass is 235 g/mol. The number of fused-ring (bicyclic) bond motifs is 1. The molecule has 6 heteroatoms. The van der Waals surface area contributed by atoms with Crippen molar-refractivity contribution in [3.63, 3.8) is 0 Å². The van der Waals surface area contributed by atoms with Gasteiger partial charge in [0.15, 0.2) is 5.65 Å². The quantitative estimate of drug-likeness (QED) is 0.837. The van der Waals surface area contributed by atoms with Crippen LogP contribution in [-0.4, -0.2) is 19.7 Å². The molecule has 2 aromatic rings. The summed E-state index contributed by atoms with van der Waals surface area (Å²) < 4.78 is 1.78. The van der Waals surface area contributed by atoms with Crippen LogP contribution in [0.4, 0.5) is 5.95 Å². The number of rotatable bonds is 3. The Balaban J connectivity index is 2.68. The van der Waals surface area contributed by atoms with E-state index >= 15 is 0 Å². The summed E-state index contributed by atoms with van der Waals surface area (Å²) in [5.41, 5.74) is 5.69. The minimum Gasteiger partial charge on any atom is -0.369 e. The summed E-state index contributed by atoms with van der Waals surface area (Å²) in [6.07, 6.45) is 3.53. The summed E-state index contributed by atoms with van der Waals surface area (Å²) in [5, 5.41) is 4.74. The highest BCUT2D eigenvalue weighted by Gasteiger charge is 2.23. The SMILES string of the molecule is CCCC(C)(C)n1ncc2c(=O)[nH]c(N)nc21.